The van der Waals surface area contributed by atoms with Crippen LogP contribution >= 0.6 is 0 Å². The fraction of sp³-hybridized carbons (Fsp3) is 0.500. The maximum atomic E-state index is 13.1. The summed E-state index contributed by atoms with van der Waals surface area (Å²) in [5, 5.41) is 14.7. The van der Waals surface area contributed by atoms with Crippen LogP contribution in [0.3, 0.4) is 0 Å². The van der Waals surface area contributed by atoms with Crippen LogP contribution in [0.4, 0.5) is 0 Å². The number of aryl methyl sites for hydroxylation is 1. The first kappa shape index (κ1) is 22.6. The van der Waals surface area contributed by atoms with Gasteiger partial charge in [-0.05, 0) is 31.7 Å². The lowest BCUT2D eigenvalue weighted by Gasteiger charge is -2.20. The van der Waals surface area contributed by atoms with Gasteiger partial charge in [-0.2, -0.15) is 0 Å². The van der Waals surface area contributed by atoms with Crippen LogP contribution in [0, 0.1) is 5.92 Å². The monoisotopic (exact) mass is 431 g/mol. The molecule has 9 heteroatoms. The van der Waals surface area contributed by atoms with Gasteiger partial charge in [-0.15, -0.1) is 0 Å². The molecule has 0 spiro atoms. The second kappa shape index (κ2) is 9.82. The van der Waals surface area contributed by atoms with Gasteiger partial charge >= 0.3 is 0 Å². The van der Waals surface area contributed by atoms with E-state index in [-0.39, 0.29) is 30.8 Å². The summed E-state index contributed by atoms with van der Waals surface area (Å²) in [6.45, 7) is 6.70. The molecule has 1 aliphatic rings. The lowest BCUT2D eigenvalue weighted by molar-refractivity contribution is -0.123. The van der Waals surface area contributed by atoms with Gasteiger partial charge in [0.05, 0.1) is 10.9 Å². The van der Waals surface area contributed by atoms with E-state index in [1.54, 1.807) is 16.7 Å². The molecule has 3 N–H and O–H groups in total. The zero-order chi connectivity index (χ0) is 22.5. The van der Waals surface area contributed by atoms with Gasteiger partial charge in [-0.3, -0.25) is 14.4 Å². The third-order valence-corrected chi connectivity index (χ3v) is 5.12. The summed E-state index contributed by atoms with van der Waals surface area (Å²) >= 11 is 0. The Bertz CT molecular complexity index is 1030. The molecule has 0 unspecified atom stereocenters. The summed E-state index contributed by atoms with van der Waals surface area (Å²) in [5.74, 6) is 0.233. The van der Waals surface area contributed by atoms with Gasteiger partial charge in [0.2, 0.25) is 18.1 Å². The largest absolute Gasteiger partial charge is 0.454 e. The molecule has 0 saturated heterocycles. The summed E-state index contributed by atoms with van der Waals surface area (Å²) in [7, 11) is 0. The number of benzene rings is 1. The fourth-order valence-corrected chi connectivity index (χ4v) is 3.56. The summed E-state index contributed by atoms with van der Waals surface area (Å²) in [5.41, 5.74) is 0.179. The van der Waals surface area contributed by atoms with E-state index in [0.29, 0.717) is 48.3 Å². The first-order valence-electron chi connectivity index (χ1n) is 10.5. The van der Waals surface area contributed by atoms with E-state index in [0.717, 1.165) is 0 Å². The Balaban J connectivity index is 1.92. The molecule has 0 radical (unpaired) electrons. The molecule has 9 nitrogen and oxygen atoms in total. The van der Waals surface area contributed by atoms with Crippen molar-refractivity contribution in [2.75, 3.05) is 19.9 Å². The predicted octanol–water partition coefficient (Wildman–Crippen LogP) is 1.39. The zero-order valence-corrected chi connectivity index (χ0v) is 18.1. The minimum atomic E-state index is -0.784. The Hall–Kier alpha value is -3.07. The van der Waals surface area contributed by atoms with E-state index in [1.165, 1.54) is 6.20 Å². The molecule has 31 heavy (non-hydrogen) atoms. The average Bonchev–Trinajstić information content (AvgIpc) is 3.19. The van der Waals surface area contributed by atoms with Crippen LogP contribution in [0.5, 0.6) is 11.5 Å². The van der Waals surface area contributed by atoms with Gasteiger partial charge in [0, 0.05) is 32.0 Å². The molecule has 1 aromatic heterocycles. The molecule has 0 saturated carbocycles. The molecule has 168 valence electrons. The number of nitrogens with zero attached hydrogens (tertiary/aromatic N) is 1. The second-order valence-electron chi connectivity index (χ2n) is 7.90. The van der Waals surface area contributed by atoms with E-state index in [1.807, 2.05) is 20.8 Å². The summed E-state index contributed by atoms with van der Waals surface area (Å²) in [6.07, 6.45) is 2.36. The van der Waals surface area contributed by atoms with Gasteiger partial charge < -0.3 is 29.8 Å². The molecule has 0 bridgehead atoms. The number of pyridine rings is 1. The number of carbonyl (C=O) groups excluding carboxylic acids is 2. The number of carbonyl (C=O) groups is 2. The molecular weight excluding hydrogens is 402 g/mol. The van der Waals surface area contributed by atoms with Crippen LogP contribution in [0.15, 0.2) is 23.1 Å². The lowest BCUT2D eigenvalue weighted by atomic mass is 10.0. The number of ether oxygens (including phenoxy) is 2. The zero-order valence-electron chi connectivity index (χ0n) is 18.1. The molecule has 1 aromatic carbocycles. The summed E-state index contributed by atoms with van der Waals surface area (Å²) in [6, 6.07) is 2.55. The Morgan fingerprint density at radius 3 is 2.58 bits per heavy atom. The van der Waals surface area contributed by atoms with Crippen molar-refractivity contribution in [3.8, 4) is 11.5 Å². The smallest absolute Gasteiger partial charge is 0.257 e. The quantitative estimate of drug-likeness (QED) is 0.517. The molecule has 2 heterocycles. The number of fused-ring (bicyclic) bond motifs is 2. The minimum absolute atomic E-state index is 0.0341. The van der Waals surface area contributed by atoms with Crippen molar-refractivity contribution in [3.63, 3.8) is 0 Å². The molecule has 2 aromatic rings. The van der Waals surface area contributed by atoms with E-state index in [9.17, 15) is 14.4 Å². The number of rotatable bonds is 9. The van der Waals surface area contributed by atoms with Gasteiger partial charge in [0.25, 0.3) is 5.91 Å². The van der Waals surface area contributed by atoms with E-state index in [4.69, 9.17) is 14.6 Å². The Kier molecular flexibility index (Phi) is 7.17. The number of nitrogens with one attached hydrogen (secondary N) is 2. The topological polar surface area (TPSA) is 119 Å². The number of aromatic nitrogens is 1. The van der Waals surface area contributed by atoms with Gasteiger partial charge in [-0.1, -0.05) is 13.8 Å². The molecule has 1 aliphatic heterocycles. The standard InChI is InChI=1S/C22H29N3O6/c1-4-25-11-15(20(27)14-9-18-19(10-17(14)25)31-12-30-18)21(28)24-16(8-13(2)3)22(29)23-6-5-7-26/h9-11,13,16,26H,4-8,12H2,1-3H3,(H,23,29)(H,24,28)/t16-/m1/s1. The first-order chi connectivity index (χ1) is 14.8. The van der Waals surface area contributed by atoms with Crippen molar-refractivity contribution >= 4 is 22.7 Å². The van der Waals surface area contributed by atoms with Gasteiger partial charge in [-0.25, -0.2) is 0 Å². The average molecular weight is 431 g/mol. The van der Waals surface area contributed by atoms with Crippen molar-refractivity contribution in [1.82, 2.24) is 15.2 Å². The van der Waals surface area contributed by atoms with Crippen LogP contribution in [-0.4, -0.2) is 47.5 Å². The number of hydrogen-bond donors (Lipinski definition) is 3. The van der Waals surface area contributed by atoms with Crippen molar-refractivity contribution in [2.45, 2.75) is 46.2 Å². The highest BCUT2D eigenvalue weighted by Crippen LogP contribution is 2.35. The van der Waals surface area contributed by atoms with E-state index >= 15 is 0 Å². The number of hydrogen-bond acceptors (Lipinski definition) is 6. The maximum absolute atomic E-state index is 13.1. The van der Waals surface area contributed by atoms with Crippen LogP contribution in [0.2, 0.25) is 0 Å². The van der Waals surface area contributed by atoms with Gasteiger partial charge in [0.1, 0.15) is 11.6 Å². The Morgan fingerprint density at radius 1 is 1.23 bits per heavy atom. The first-order valence-corrected chi connectivity index (χ1v) is 10.5. The fourth-order valence-electron chi connectivity index (χ4n) is 3.56. The van der Waals surface area contributed by atoms with Crippen molar-refractivity contribution in [1.29, 1.82) is 0 Å². The number of aliphatic hydroxyl groups is 1. The third-order valence-electron chi connectivity index (χ3n) is 5.12. The highest BCUT2D eigenvalue weighted by molar-refractivity contribution is 6.00. The van der Waals surface area contributed by atoms with E-state index in [2.05, 4.69) is 10.6 Å². The molecule has 0 fully saturated rings. The molecule has 1 atom stereocenters. The summed E-state index contributed by atoms with van der Waals surface area (Å²) in [4.78, 5) is 38.7. The van der Waals surface area contributed by atoms with E-state index < -0.39 is 17.4 Å². The maximum Gasteiger partial charge on any atom is 0.257 e. The SMILES string of the molecule is CCn1cc(C(=O)N[C@H](CC(C)C)C(=O)NCCCO)c(=O)c2cc3c(cc21)OCO3. The highest BCUT2D eigenvalue weighted by Gasteiger charge is 2.25. The van der Waals surface area contributed by atoms with Crippen LogP contribution in [0.25, 0.3) is 10.9 Å². The number of aliphatic hydroxyl groups excluding tert-OH is 1. The Labute approximate surface area is 180 Å². The highest BCUT2D eigenvalue weighted by atomic mass is 16.7. The molecule has 3 rings (SSSR count). The lowest BCUT2D eigenvalue weighted by Crippen LogP contribution is -2.48. The van der Waals surface area contributed by atoms with Crippen molar-refractivity contribution in [2.24, 2.45) is 5.92 Å². The molecule has 2 amide bonds. The second-order valence-corrected chi connectivity index (χ2v) is 7.90. The van der Waals surface area contributed by atoms with Crippen LogP contribution < -0.4 is 25.5 Å². The molecular formula is C22H29N3O6. The van der Waals surface area contributed by atoms with Crippen LogP contribution in [0.1, 0.15) is 44.0 Å². The Morgan fingerprint density at radius 2 is 1.94 bits per heavy atom. The van der Waals surface area contributed by atoms with Crippen molar-refractivity contribution in [3.05, 3.63) is 34.1 Å². The van der Waals surface area contributed by atoms with Gasteiger partial charge in [0.15, 0.2) is 11.5 Å². The minimum Gasteiger partial charge on any atom is -0.454 e. The van der Waals surface area contributed by atoms with Crippen molar-refractivity contribution < 1.29 is 24.2 Å². The summed E-state index contributed by atoms with van der Waals surface area (Å²) < 4.78 is 12.6. The number of amides is 2. The normalized spacial score (nSPS) is 13.5. The predicted molar refractivity (Wildman–Crippen MR) is 115 cm³/mol. The van der Waals surface area contributed by atoms with Crippen LogP contribution in [-0.2, 0) is 11.3 Å². The third kappa shape index (κ3) is 4.99. The molecule has 0 aliphatic carbocycles.